The standard InChI is InChI=1S/C20H21N5O2/c1-14-7-9-16(10-8-14)13-21-24-19(26)12-17-20(27)25-23-18(22-17)11-15-5-3-2-4-6-15/h2-10,13,17H,11-12H2,1H3,(H,22,23)(H,24,26)(H,25,27)/t17-/m0/s1. The molecule has 1 heterocycles. The van der Waals surface area contributed by atoms with Crippen LogP contribution in [0.1, 0.15) is 23.1 Å². The minimum Gasteiger partial charge on any atom is -0.285 e. The maximum absolute atomic E-state index is 12.1. The van der Waals surface area contributed by atoms with E-state index in [0.29, 0.717) is 12.3 Å². The number of amides is 2. The number of hydrazone groups is 1. The molecule has 2 aromatic carbocycles. The zero-order valence-corrected chi connectivity index (χ0v) is 15.0. The normalized spacial score (nSPS) is 16.4. The fourth-order valence-corrected chi connectivity index (χ4v) is 2.57. The largest absolute Gasteiger partial charge is 0.285 e. The van der Waals surface area contributed by atoms with E-state index in [9.17, 15) is 9.59 Å². The average Bonchev–Trinajstić information content (AvgIpc) is 2.67. The molecule has 2 amide bonds. The van der Waals surface area contributed by atoms with Crippen LogP contribution in [0.3, 0.4) is 0 Å². The summed E-state index contributed by atoms with van der Waals surface area (Å²) >= 11 is 0. The molecule has 138 valence electrons. The molecule has 1 atom stereocenters. The smallest absolute Gasteiger partial charge is 0.263 e. The molecule has 7 heteroatoms. The highest BCUT2D eigenvalue weighted by Gasteiger charge is 2.25. The van der Waals surface area contributed by atoms with Gasteiger partial charge >= 0.3 is 0 Å². The number of aliphatic imine (C=N–C) groups is 1. The van der Waals surface area contributed by atoms with E-state index in [1.165, 1.54) is 0 Å². The molecule has 0 unspecified atom stereocenters. The van der Waals surface area contributed by atoms with Crippen LogP contribution in [0.4, 0.5) is 0 Å². The quantitative estimate of drug-likeness (QED) is 0.536. The maximum Gasteiger partial charge on any atom is 0.263 e. The van der Waals surface area contributed by atoms with Crippen molar-refractivity contribution >= 4 is 23.9 Å². The van der Waals surface area contributed by atoms with Crippen LogP contribution in [0.2, 0.25) is 0 Å². The van der Waals surface area contributed by atoms with Crippen molar-refractivity contribution in [3.05, 3.63) is 71.3 Å². The first-order valence-corrected chi connectivity index (χ1v) is 8.65. The fraction of sp³-hybridized carbons (Fsp3) is 0.200. The molecule has 0 radical (unpaired) electrons. The Morgan fingerprint density at radius 2 is 1.89 bits per heavy atom. The summed E-state index contributed by atoms with van der Waals surface area (Å²) in [5, 5.41) is 3.93. The molecule has 0 saturated carbocycles. The topological polar surface area (TPSA) is 94.9 Å². The molecule has 7 nitrogen and oxygen atoms in total. The Kier molecular flexibility index (Phi) is 5.94. The summed E-state index contributed by atoms with van der Waals surface area (Å²) in [6.45, 7) is 2.00. The zero-order valence-electron chi connectivity index (χ0n) is 15.0. The SMILES string of the molecule is Cc1ccc(C=NNC(=O)C[C@@H]2N=C(Cc3ccccc3)NNC2=O)cc1. The highest BCUT2D eigenvalue weighted by atomic mass is 16.2. The van der Waals surface area contributed by atoms with Gasteiger partial charge in [0.25, 0.3) is 5.91 Å². The molecular formula is C20H21N5O2. The van der Waals surface area contributed by atoms with Crippen molar-refractivity contribution in [3.63, 3.8) is 0 Å². The lowest BCUT2D eigenvalue weighted by Gasteiger charge is -2.21. The van der Waals surface area contributed by atoms with Gasteiger partial charge in [0, 0.05) is 6.42 Å². The molecule has 0 spiro atoms. The summed E-state index contributed by atoms with van der Waals surface area (Å²) in [7, 11) is 0. The summed E-state index contributed by atoms with van der Waals surface area (Å²) in [6.07, 6.45) is 2.03. The molecule has 0 fully saturated rings. The van der Waals surface area contributed by atoms with Crippen molar-refractivity contribution in [2.75, 3.05) is 0 Å². The summed E-state index contributed by atoms with van der Waals surface area (Å²) in [6, 6.07) is 16.7. The van der Waals surface area contributed by atoms with Gasteiger partial charge in [-0.3, -0.25) is 25.4 Å². The number of carbonyl (C=O) groups excluding carboxylic acids is 2. The van der Waals surface area contributed by atoms with Crippen LogP contribution >= 0.6 is 0 Å². The number of hydrogen-bond donors (Lipinski definition) is 3. The van der Waals surface area contributed by atoms with Crippen LogP contribution in [-0.2, 0) is 16.0 Å². The Hall–Kier alpha value is -3.48. The van der Waals surface area contributed by atoms with Crippen molar-refractivity contribution in [2.24, 2.45) is 10.1 Å². The number of nitrogens with zero attached hydrogens (tertiary/aromatic N) is 2. The highest BCUT2D eigenvalue weighted by Crippen LogP contribution is 2.07. The molecule has 0 bridgehead atoms. The zero-order chi connectivity index (χ0) is 19.1. The van der Waals surface area contributed by atoms with E-state index in [0.717, 1.165) is 16.7 Å². The predicted molar refractivity (Wildman–Crippen MR) is 104 cm³/mol. The molecule has 3 rings (SSSR count). The van der Waals surface area contributed by atoms with Gasteiger partial charge in [0.1, 0.15) is 11.9 Å². The molecule has 27 heavy (non-hydrogen) atoms. The second-order valence-electron chi connectivity index (χ2n) is 6.28. The van der Waals surface area contributed by atoms with Gasteiger partial charge < -0.3 is 0 Å². The number of aryl methyl sites for hydroxylation is 1. The average molecular weight is 363 g/mol. The number of carbonyl (C=O) groups is 2. The first-order chi connectivity index (χ1) is 13.1. The third kappa shape index (κ3) is 5.50. The Balaban J connectivity index is 1.56. The van der Waals surface area contributed by atoms with Crippen LogP contribution < -0.4 is 16.3 Å². The van der Waals surface area contributed by atoms with E-state index in [-0.39, 0.29) is 18.2 Å². The van der Waals surface area contributed by atoms with Crippen molar-refractivity contribution in [1.82, 2.24) is 16.3 Å². The second-order valence-corrected chi connectivity index (χ2v) is 6.28. The summed E-state index contributed by atoms with van der Waals surface area (Å²) < 4.78 is 0. The van der Waals surface area contributed by atoms with Gasteiger partial charge in [-0.15, -0.1) is 0 Å². The Morgan fingerprint density at radius 3 is 2.63 bits per heavy atom. The first kappa shape index (κ1) is 18.3. The third-order valence-corrected chi connectivity index (χ3v) is 4.02. The third-order valence-electron chi connectivity index (χ3n) is 4.02. The van der Waals surface area contributed by atoms with Gasteiger partial charge in [-0.1, -0.05) is 60.2 Å². The summed E-state index contributed by atoms with van der Waals surface area (Å²) in [4.78, 5) is 28.4. The lowest BCUT2D eigenvalue weighted by molar-refractivity contribution is -0.128. The number of hydrogen-bond acceptors (Lipinski definition) is 5. The Morgan fingerprint density at radius 1 is 1.15 bits per heavy atom. The molecule has 1 aliphatic rings. The number of hydrazine groups is 1. The number of rotatable bonds is 6. The minimum atomic E-state index is -0.778. The van der Waals surface area contributed by atoms with Gasteiger partial charge in [-0.05, 0) is 18.1 Å². The second kappa shape index (κ2) is 8.75. The molecule has 0 saturated heterocycles. The molecule has 2 aromatic rings. The number of amidine groups is 1. The van der Waals surface area contributed by atoms with E-state index < -0.39 is 6.04 Å². The fourth-order valence-electron chi connectivity index (χ4n) is 2.57. The van der Waals surface area contributed by atoms with Gasteiger partial charge in [0.05, 0.1) is 12.6 Å². The van der Waals surface area contributed by atoms with Crippen LogP contribution in [-0.4, -0.2) is 29.9 Å². The van der Waals surface area contributed by atoms with Crippen molar-refractivity contribution in [2.45, 2.75) is 25.8 Å². The molecular weight excluding hydrogens is 342 g/mol. The Labute approximate surface area is 157 Å². The summed E-state index contributed by atoms with van der Waals surface area (Å²) in [5.41, 5.74) is 10.9. The minimum absolute atomic E-state index is 0.0724. The maximum atomic E-state index is 12.1. The van der Waals surface area contributed by atoms with Crippen LogP contribution in [0, 0.1) is 6.92 Å². The highest BCUT2D eigenvalue weighted by molar-refractivity contribution is 5.96. The monoisotopic (exact) mass is 363 g/mol. The van der Waals surface area contributed by atoms with E-state index in [1.807, 2.05) is 61.5 Å². The van der Waals surface area contributed by atoms with Gasteiger partial charge in [-0.25, -0.2) is 5.43 Å². The van der Waals surface area contributed by atoms with Gasteiger partial charge in [0.2, 0.25) is 5.91 Å². The van der Waals surface area contributed by atoms with E-state index in [2.05, 4.69) is 26.4 Å². The number of benzene rings is 2. The first-order valence-electron chi connectivity index (χ1n) is 8.65. The van der Waals surface area contributed by atoms with Crippen molar-refractivity contribution in [3.8, 4) is 0 Å². The van der Waals surface area contributed by atoms with E-state index in [4.69, 9.17) is 0 Å². The van der Waals surface area contributed by atoms with Gasteiger partial charge in [-0.2, -0.15) is 5.10 Å². The van der Waals surface area contributed by atoms with Gasteiger partial charge in [0.15, 0.2) is 0 Å². The van der Waals surface area contributed by atoms with Crippen LogP contribution in [0.25, 0.3) is 0 Å². The molecule has 1 aliphatic heterocycles. The van der Waals surface area contributed by atoms with Crippen molar-refractivity contribution in [1.29, 1.82) is 0 Å². The lowest BCUT2D eigenvalue weighted by Crippen LogP contribution is -2.52. The van der Waals surface area contributed by atoms with E-state index in [1.54, 1.807) is 6.21 Å². The summed E-state index contributed by atoms with van der Waals surface area (Å²) in [5.74, 6) is -0.102. The number of nitrogens with one attached hydrogen (secondary N) is 3. The van der Waals surface area contributed by atoms with E-state index >= 15 is 0 Å². The lowest BCUT2D eigenvalue weighted by atomic mass is 10.1. The molecule has 3 N–H and O–H groups in total. The van der Waals surface area contributed by atoms with Crippen molar-refractivity contribution < 1.29 is 9.59 Å². The predicted octanol–water partition coefficient (Wildman–Crippen LogP) is 1.48. The molecule has 0 aliphatic carbocycles. The van der Waals surface area contributed by atoms with Crippen LogP contribution in [0.15, 0.2) is 64.7 Å². The van der Waals surface area contributed by atoms with Crippen LogP contribution in [0.5, 0.6) is 0 Å². The molecule has 0 aromatic heterocycles. The Bertz CT molecular complexity index is 860.